The van der Waals surface area contributed by atoms with Crippen LogP contribution >= 0.6 is 12.6 Å². The molecule has 1 atom stereocenters. The minimum atomic E-state index is 0.352. The second-order valence-electron chi connectivity index (χ2n) is 3.90. The van der Waals surface area contributed by atoms with E-state index < -0.39 is 0 Å². The van der Waals surface area contributed by atoms with Gasteiger partial charge in [-0.05, 0) is 42.7 Å². The van der Waals surface area contributed by atoms with Crippen molar-refractivity contribution >= 4 is 12.6 Å². The van der Waals surface area contributed by atoms with Gasteiger partial charge >= 0.3 is 0 Å². The van der Waals surface area contributed by atoms with Crippen LogP contribution in [0.4, 0.5) is 0 Å². The van der Waals surface area contributed by atoms with E-state index in [1.165, 1.54) is 11.1 Å². The number of hydrogen-bond donors (Lipinski definition) is 1. The zero-order chi connectivity index (χ0) is 9.97. The Labute approximate surface area is 90.9 Å². The first kappa shape index (κ1) is 9.91. The number of aryl methyl sites for hydroxylation is 1. The van der Waals surface area contributed by atoms with Crippen molar-refractivity contribution in [1.29, 1.82) is 0 Å². The summed E-state index contributed by atoms with van der Waals surface area (Å²) in [4.78, 5) is 0. The molecule has 1 aliphatic heterocycles. The number of thiol groups is 1. The molecule has 1 aromatic rings. The van der Waals surface area contributed by atoms with E-state index in [9.17, 15) is 0 Å². The third-order valence-electron chi connectivity index (χ3n) is 2.58. The lowest BCUT2D eigenvalue weighted by Crippen LogP contribution is -2.05. The average Bonchev–Trinajstić information content (AvgIpc) is 2.54. The van der Waals surface area contributed by atoms with Gasteiger partial charge in [-0.2, -0.15) is 12.6 Å². The van der Waals surface area contributed by atoms with Crippen LogP contribution in [0.2, 0.25) is 0 Å². The Bertz CT molecular complexity index is 322. The molecular formula is C12H16OS. The third kappa shape index (κ3) is 2.06. The fourth-order valence-corrected chi connectivity index (χ4v) is 2.07. The summed E-state index contributed by atoms with van der Waals surface area (Å²) in [5, 5.41) is 0. The van der Waals surface area contributed by atoms with E-state index in [1.54, 1.807) is 0 Å². The molecule has 0 bridgehead atoms. The van der Waals surface area contributed by atoms with E-state index in [-0.39, 0.29) is 0 Å². The van der Waals surface area contributed by atoms with Crippen LogP contribution in [0.3, 0.4) is 0 Å². The minimum Gasteiger partial charge on any atom is -0.490 e. The van der Waals surface area contributed by atoms with Crippen LogP contribution < -0.4 is 4.74 Å². The molecule has 0 fully saturated rings. The first-order chi connectivity index (χ1) is 6.79. The molecule has 2 heteroatoms. The lowest BCUT2D eigenvalue weighted by molar-refractivity contribution is 0.254. The summed E-state index contributed by atoms with van der Waals surface area (Å²) in [7, 11) is 0. The molecule has 1 nitrogen and oxygen atoms in total. The van der Waals surface area contributed by atoms with Gasteiger partial charge in [-0.15, -0.1) is 0 Å². The normalized spacial score (nSPS) is 19.1. The second-order valence-corrected chi connectivity index (χ2v) is 4.35. The van der Waals surface area contributed by atoms with Gasteiger partial charge in [0.05, 0.1) is 0 Å². The Morgan fingerprint density at radius 3 is 3.14 bits per heavy atom. The number of hydrogen-bond acceptors (Lipinski definition) is 2. The van der Waals surface area contributed by atoms with E-state index in [2.05, 4.69) is 37.8 Å². The van der Waals surface area contributed by atoms with Crippen LogP contribution in [0.5, 0.6) is 5.75 Å². The Kier molecular flexibility index (Phi) is 3.02. The quantitative estimate of drug-likeness (QED) is 0.751. The molecule has 0 saturated carbocycles. The predicted molar refractivity (Wildman–Crippen MR) is 62.4 cm³/mol. The molecular weight excluding hydrogens is 192 g/mol. The van der Waals surface area contributed by atoms with Gasteiger partial charge in [-0.3, -0.25) is 0 Å². The molecule has 0 aromatic heterocycles. The van der Waals surface area contributed by atoms with Crippen molar-refractivity contribution in [3.05, 3.63) is 29.3 Å². The predicted octanol–water partition coefficient (Wildman–Crippen LogP) is 2.87. The Balaban J connectivity index is 2.12. The summed E-state index contributed by atoms with van der Waals surface area (Å²) in [5.41, 5.74) is 2.78. The van der Waals surface area contributed by atoms with Gasteiger partial charge in [0.1, 0.15) is 11.9 Å². The number of fused-ring (bicyclic) bond motifs is 1. The molecule has 0 N–H and O–H groups in total. The molecule has 1 aromatic carbocycles. The summed E-state index contributed by atoms with van der Waals surface area (Å²) in [5.74, 6) is 2.04. The van der Waals surface area contributed by atoms with Gasteiger partial charge in [0.15, 0.2) is 0 Å². The SMILES string of the molecule is CC1Cc2cc(CCCS)ccc2O1. The molecule has 1 unspecified atom stereocenters. The first-order valence-electron chi connectivity index (χ1n) is 5.19. The fourth-order valence-electron chi connectivity index (χ4n) is 1.91. The Hall–Kier alpha value is -0.630. The van der Waals surface area contributed by atoms with Crippen LogP contribution in [0.15, 0.2) is 18.2 Å². The molecule has 76 valence electrons. The first-order valence-corrected chi connectivity index (χ1v) is 5.82. The molecule has 0 radical (unpaired) electrons. The van der Waals surface area contributed by atoms with Crippen LogP contribution in [-0.4, -0.2) is 11.9 Å². The Morgan fingerprint density at radius 1 is 1.50 bits per heavy atom. The maximum Gasteiger partial charge on any atom is 0.123 e. The molecule has 1 aliphatic rings. The van der Waals surface area contributed by atoms with Crippen LogP contribution in [0.1, 0.15) is 24.5 Å². The van der Waals surface area contributed by atoms with Crippen LogP contribution in [0.25, 0.3) is 0 Å². The van der Waals surface area contributed by atoms with Crippen LogP contribution in [-0.2, 0) is 12.8 Å². The molecule has 14 heavy (non-hydrogen) atoms. The fraction of sp³-hybridized carbons (Fsp3) is 0.500. The van der Waals surface area contributed by atoms with E-state index in [0.29, 0.717) is 6.10 Å². The number of ether oxygens (including phenoxy) is 1. The van der Waals surface area contributed by atoms with Gasteiger partial charge in [0.2, 0.25) is 0 Å². The molecule has 0 saturated heterocycles. The monoisotopic (exact) mass is 208 g/mol. The molecule has 0 amide bonds. The lowest BCUT2D eigenvalue weighted by Gasteiger charge is -2.03. The maximum absolute atomic E-state index is 5.65. The van der Waals surface area contributed by atoms with E-state index >= 15 is 0 Å². The standard InChI is InChI=1S/C12H16OS/c1-9-7-11-8-10(3-2-6-14)4-5-12(11)13-9/h4-5,8-9,14H,2-3,6-7H2,1H3. The van der Waals surface area contributed by atoms with Crippen molar-refractivity contribution in [1.82, 2.24) is 0 Å². The molecule has 2 rings (SSSR count). The highest BCUT2D eigenvalue weighted by molar-refractivity contribution is 7.80. The summed E-state index contributed by atoms with van der Waals surface area (Å²) < 4.78 is 5.65. The van der Waals surface area contributed by atoms with E-state index in [0.717, 1.165) is 30.8 Å². The summed E-state index contributed by atoms with van der Waals surface area (Å²) in [6.45, 7) is 2.12. The van der Waals surface area contributed by atoms with Crippen molar-refractivity contribution < 1.29 is 4.74 Å². The van der Waals surface area contributed by atoms with E-state index in [1.807, 2.05) is 0 Å². The summed E-state index contributed by atoms with van der Waals surface area (Å²) in [6, 6.07) is 6.55. The van der Waals surface area contributed by atoms with Crippen molar-refractivity contribution in [2.24, 2.45) is 0 Å². The van der Waals surface area contributed by atoms with Crippen LogP contribution in [0, 0.1) is 0 Å². The third-order valence-corrected chi connectivity index (χ3v) is 2.90. The van der Waals surface area contributed by atoms with Crippen molar-refractivity contribution in [2.75, 3.05) is 5.75 Å². The smallest absolute Gasteiger partial charge is 0.123 e. The van der Waals surface area contributed by atoms with Gasteiger partial charge in [0, 0.05) is 6.42 Å². The zero-order valence-corrected chi connectivity index (χ0v) is 9.39. The maximum atomic E-state index is 5.65. The highest BCUT2D eigenvalue weighted by atomic mass is 32.1. The topological polar surface area (TPSA) is 9.23 Å². The second kappa shape index (κ2) is 4.26. The lowest BCUT2D eigenvalue weighted by atomic mass is 10.0. The van der Waals surface area contributed by atoms with Gasteiger partial charge in [0.25, 0.3) is 0 Å². The van der Waals surface area contributed by atoms with E-state index in [4.69, 9.17) is 4.74 Å². The molecule has 0 aliphatic carbocycles. The van der Waals surface area contributed by atoms with Crippen molar-refractivity contribution in [3.8, 4) is 5.75 Å². The highest BCUT2D eigenvalue weighted by Crippen LogP contribution is 2.29. The van der Waals surface area contributed by atoms with Gasteiger partial charge < -0.3 is 4.74 Å². The highest BCUT2D eigenvalue weighted by Gasteiger charge is 2.18. The Morgan fingerprint density at radius 2 is 2.36 bits per heavy atom. The average molecular weight is 208 g/mol. The molecule has 0 spiro atoms. The summed E-state index contributed by atoms with van der Waals surface area (Å²) in [6.07, 6.45) is 3.69. The van der Waals surface area contributed by atoms with Crippen molar-refractivity contribution in [2.45, 2.75) is 32.3 Å². The summed E-state index contributed by atoms with van der Waals surface area (Å²) >= 11 is 4.22. The largest absolute Gasteiger partial charge is 0.490 e. The molecule has 1 heterocycles. The minimum absolute atomic E-state index is 0.352. The van der Waals surface area contributed by atoms with Gasteiger partial charge in [-0.25, -0.2) is 0 Å². The van der Waals surface area contributed by atoms with Crippen molar-refractivity contribution in [3.63, 3.8) is 0 Å². The van der Waals surface area contributed by atoms with Gasteiger partial charge in [-0.1, -0.05) is 12.1 Å². The number of rotatable bonds is 3. The number of benzene rings is 1. The zero-order valence-electron chi connectivity index (χ0n) is 8.49.